The van der Waals surface area contributed by atoms with Gasteiger partial charge in [-0.3, -0.25) is 9.59 Å². The standard InChI is InChI=1S/C15H24O4/c1-4-8-18-14(16)12-7-6-11(3)10-13(12)15(17)19-9-5-2/h6,12-13H,4-5,7-10H2,1-3H3. The summed E-state index contributed by atoms with van der Waals surface area (Å²) in [5, 5.41) is 0. The van der Waals surface area contributed by atoms with E-state index in [9.17, 15) is 9.59 Å². The third kappa shape index (κ3) is 4.69. The van der Waals surface area contributed by atoms with Gasteiger partial charge < -0.3 is 9.47 Å². The second-order valence-corrected chi connectivity index (χ2v) is 5.04. The highest BCUT2D eigenvalue weighted by Gasteiger charge is 2.37. The lowest BCUT2D eigenvalue weighted by Gasteiger charge is -2.27. The molecule has 2 atom stereocenters. The summed E-state index contributed by atoms with van der Waals surface area (Å²) in [6, 6.07) is 0. The summed E-state index contributed by atoms with van der Waals surface area (Å²) < 4.78 is 10.4. The van der Waals surface area contributed by atoms with E-state index in [-0.39, 0.29) is 23.8 Å². The van der Waals surface area contributed by atoms with Crippen LogP contribution >= 0.6 is 0 Å². The van der Waals surface area contributed by atoms with E-state index in [4.69, 9.17) is 9.47 Å². The molecule has 19 heavy (non-hydrogen) atoms. The van der Waals surface area contributed by atoms with E-state index in [1.165, 1.54) is 0 Å². The van der Waals surface area contributed by atoms with Crippen LogP contribution < -0.4 is 0 Å². The molecule has 0 radical (unpaired) electrons. The first-order chi connectivity index (χ1) is 9.10. The maximum Gasteiger partial charge on any atom is 0.310 e. The summed E-state index contributed by atoms with van der Waals surface area (Å²) >= 11 is 0. The molecule has 108 valence electrons. The van der Waals surface area contributed by atoms with Gasteiger partial charge in [0.15, 0.2) is 0 Å². The van der Waals surface area contributed by atoms with Gasteiger partial charge in [0.25, 0.3) is 0 Å². The average Bonchev–Trinajstić information content (AvgIpc) is 2.41. The molecule has 4 heteroatoms. The van der Waals surface area contributed by atoms with Gasteiger partial charge in [-0.25, -0.2) is 0 Å². The fraction of sp³-hybridized carbons (Fsp3) is 0.733. The van der Waals surface area contributed by atoms with Gasteiger partial charge in [0.05, 0.1) is 25.0 Å². The third-order valence-electron chi connectivity index (χ3n) is 3.25. The molecule has 0 aromatic rings. The fourth-order valence-corrected chi connectivity index (χ4v) is 2.19. The summed E-state index contributed by atoms with van der Waals surface area (Å²) in [6.07, 6.45) is 4.76. The molecule has 0 aromatic heterocycles. The number of hydrogen-bond donors (Lipinski definition) is 0. The lowest BCUT2D eigenvalue weighted by molar-refractivity contribution is -0.161. The van der Waals surface area contributed by atoms with Gasteiger partial charge >= 0.3 is 11.9 Å². The normalized spacial score (nSPS) is 22.6. The van der Waals surface area contributed by atoms with E-state index in [1.807, 2.05) is 26.8 Å². The van der Waals surface area contributed by atoms with Crippen LogP contribution in [0.5, 0.6) is 0 Å². The smallest absolute Gasteiger partial charge is 0.310 e. The summed E-state index contributed by atoms with van der Waals surface area (Å²) in [7, 11) is 0. The van der Waals surface area contributed by atoms with Crippen LogP contribution in [0.1, 0.15) is 46.5 Å². The molecular formula is C15H24O4. The maximum absolute atomic E-state index is 12.0. The molecule has 0 saturated heterocycles. The molecule has 0 aromatic carbocycles. The number of carbonyl (C=O) groups excluding carboxylic acids is 2. The third-order valence-corrected chi connectivity index (χ3v) is 3.25. The Bertz CT molecular complexity index is 346. The van der Waals surface area contributed by atoms with Crippen LogP contribution in [0.15, 0.2) is 11.6 Å². The highest BCUT2D eigenvalue weighted by atomic mass is 16.5. The fourth-order valence-electron chi connectivity index (χ4n) is 2.19. The molecule has 0 N–H and O–H groups in total. The number of allylic oxidation sites excluding steroid dienone is 2. The van der Waals surface area contributed by atoms with Gasteiger partial charge in [0, 0.05) is 0 Å². The molecular weight excluding hydrogens is 244 g/mol. The van der Waals surface area contributed by atoms with Crippen LogP contribution in [0.4, 0.5) is 0 Å². The second kappa shape index (κ2) is 7.97. The molecule has 2 unspecified atom stereocenters. The molecule has 0 aliphatic heterocycles. The summed E-state index contributed by atoms with van der Waals surface area (Å²) in [5.74, 6) is -1.32. The van der Waals surface area contributed by atoms with Crippen molar-refractivity contribution >= 4 is 11.9 Å². The Labute approximate surface area is 115 Å². The Kier molecular flexibility index (Phi) is 6.60. The van der Waals surface area contributed by atoms with Crippen LogP contribution in [-0.2, 0) is 19.1 Å². The van der Waals surface area contributed by atoms with Gasteiger partial charge in [0.2, 0.25) is 0 Å². The molecule has 0 saturated carbocycles. The van der Waals surface area contributed by atoms with Crippen molar-refractivity contribution in [2.24, 2.45) is 11.8 Å². The monoisotopic (exact) mass is 268 g/mol. The van der Waals surface area contributed by atoms with Gasteiger partial charge in [-0.05, 0) is 32.6 Å². The second-order valence-electron chi connectivity index (χ2n) is 5.04. The molecule has 0 fully saturated rings. The van der Waals surface area contributed by atoms with Gasteiger partial charge in [-0.2, -0.15) is 0 Å². The van der Waals surface area contributed by atoms with E-state index in [0.29, 0.717) is 26.1 Å². The van der Waals surface area contributed by atoms with Crippen LogP contribution in [0, 0.1) is 11.8 Å². The highest BCUT2D eigenvalue weighted by Crippen LogP contribution is 2.31. The SMILES string of the molecule is CCCOC(=O)C1CC=C(C)CC1C(=O)OCCC. The predicted octanol–water partition coefficient (Wildman–Crippen LogP) is 2.87. The molecule has 1 rings (SSSR count). The topological polar surface area (TPSA) is 52.6 Å². The zero-order valence-electron chi connectivity index (χ0n) is 12.1. The van der Waals surface area contributed by atoms with Crippen molar-refractivity contribution in [1.29, 1.82) is 0 Å². The Hall–Kier alpha value is -1.32. The van der Waals surface area contributed by atoms with E-state index in [1.54, 1.807) is 0 Å². The number of rotatable bonds is 6. The lowest BCUT2D eigenvalue weighted by Crippen LogP contribution is -2.34. The van der Waals surface area contributed by atoms with Crippen molar-refractivity contribution in [2.45, 2.75) is 46.5 Å². The maximum atomic E-state index is 12.0. The minimum atomic E-state index is -0.389. The summed E-state index contributed by atoms with van der Waals surface area (Å²) in [4.78, 5) is 24.0. The van der Waals surface area contributed by atoms with E-state index in [0.717, 1.165) is 18.4 Å². The van der Waals surface area contributed by atoms with Crippen LogP contribution in [-0.4, -0.2) is 25.2 Å². The summed E-state index contributed by atoms with van der Waals surface area (Å²) in [5.41, 5.74) is 1.14. The molecule has 1 aliphatic carbocycles. The zero-order valence-corrected chi connectivity index (χ0v) is 12.1. The molecule has 0 bridgehead atoms. The number of esters is 2. The van der Waals surface area contributed by atoms with Crippen LogP contribution in [0.3, 0.4) is 0 Å². The Balaban J connectivity index is 2.69. The Morgan fingerprint density at radius 3 is 2.16 bits per heavy atom. The van der Waals surface area contributed by atoms with Crippen molar-refractivity contribution in [1.82, 2.24) is 0 Å². The zero-order chi connectivity index (χ0) is 14.3. The summed E-state index contributed by atoms with van der Waals surface area (Å²) in [6.45, 7) is 6.70. The quantitative estimate of drug-likeness (QED) is 0.549. The van der Waals surface area contributed by atoms with Crippen LogP contribution in [0.2, 0.25) is 0 Å². The minimum absolute atomic E-state index is 0.271. The first-order valence-corrected chi connectivity index (χ1v) is 7.09. The lowest BCUT2D eigenvalue weighted by atomic mass is 9.80. The van der Waals surface area contributed by atoms with Gasteiger partial charge in [-0.1, -0.05) is 25.5 Å². The molecule has 0 spiro atoms. The largest absolute Gasteiger partial charge is 0.465 e. The molecule has 0 amide bonds. The van der Waals surface area contributed by atoms with Crippen molar-refractivity contribution in [3.05, 3.63) is 11.6 Å². The molecule has 4 nitrogen and oxygen atoms in total. The number of carbonyl (C=O) groups is 2. The molecule has 1 aliphatic rings. The first-order valence-electron chi connectivity index (χ1n) is 7.09. The van der Waals surface area contributed by atoms with Crippen molar-refractivity contribution < 1.29 is 19.1 Å². The predicted molar refractivity (Wildman–Crippen MR) is 72.5 cm³/mol. The number of ether oxygens (including phenoxy) is 2. The van der Waals surface area contributed by atoms with Crippen molar-refractivity contribution in [3.63, 3.8) is 0 Å². The average molecular weight is 268 g/mol. The van der Waals surface area contributed by atoms with Crippen molar-refractivity contribution in [2.75, 3.05) is 13.2 Å². The highest BCUT2D eigenvalue weighted by molar-refractivity contribution is 5.83. The van der Waals surface area contributed by atoms with E-state index in [2.05, 4.69) is 0 Å². The van der Waals surface area contributed by atoms with E-state index < -0.39 is 0 Å². The molecule has 0 heterocycles. The van der Waals surface area contributed by atoms with E-state index >= 15 is 0 Å². The number of hydrogen-bond acceptors (Lipinski definition) is 4. The van der Waals surface area contributed by atoms with Gasteiger partial charge in [-0.15, -0.1) is 0 Å². The van der Waals surface area contributed by atoms with Crippen molar-refractivity contribution in [3.8, 4) is 0 Å². The van der Waals surface area contributed by atoms with Crippen LogP contribution in [0.25, 0.3) is 0 Å². The minimum Gasteiger partial charge on any atom is -0.465 e. The Morgan fingerprint density at radius 1 is 1.11 bits per heavy atom. The first kappa shape index (κ1) is 15.7. The Morgan fingerprint density at radius 2 is 1.63 bits per heavy atom. The van der Waals surface area contributed by atoms with Gasteiger partial charge in [0.1, 0.15) is 0 Å².